The summed E-state index contributed by atoms with van der Waals surface area (Å²) in [6.45, 7) is 4.14. The molecule has 56 heavy (non-hydrogen) atoms. The van der Waals surface area contributed by atoms with Gasteiger partial charge in [0.15, 0.2) is 6.10 Å². The lowest BCUT2D eigenvalue weighted by Crippen LogP contribution is -2.37. The summed E-state index contributed by atoms with van der Waals surface area (Å²) in [5, 5.41) is 0. The largest absolute Gasteiger partial charge is 0.756 e. The van der Waals surface area contributed by atoms with Crippen molar-refractivity contribution in [2.24, 2.45) is 0 Å². The summed E-state index contributed by atoms with van der Waals surface area (Å²) in [5.74, 6) is -0.898. The van der Waals surface area contributed by atoms with E-state index in [0.29, 0.717) is 23.9 Å². The van der Waals surface area contributed by atoms with Crippen LogP contribution in [0.5, 0.6) is 0 Å². The van der Waals surface area contributed by atoms with Crippen LogP contribution < -0.4 is 4.89 Å². The van der Waals surface area contributed by atoms with Gasteiger partial charge < -0.3 is 27.9 Å². The van der Waals surface area contributed by atoms with Crippen LogP contribution in [-0.4, -0.2) is 70.0 Å². The Labute approximate surface area is 343 Å². The minimum atomic E-state index is -4.64. The molecule has 0 N–H and O–H groups in total. The van der Waals surface area contributed by atoms with Gasteiger partial charge in [-0.2, -0.15) is 0 Å². The zero-order valence-electron chi connectivity index (χ0n) is 36.6. The van der Waals surface area contributed by atoms with Gasteiger partial charge in [0.05, 0.1) is 27.7 Å². The predicted octanol–water partition coefficient (Wildman–Crippen LogP) is 12.1. The van der Waals surface area contributed by atoms with Crippen molar-refractivity contribution in [3.63, 3.8) is 0 Å². The fourth-order valence-corrected chi connectivity index (χ4v) is 6.55. The minimum absolute atomic E-state index is 0.0412. The van der Waals surface area contributed by atoms with Gasteiger partial charge >= 0.3 is 11.9 Å². The lowest BCUT2D eigenvalue weighted by Gasteiger charge is -2.28. The van der Waals surface area contributed by atoms with Gasteiger partial charge in [0, 0.05) is 12.8 Å². The van der Waals surface area contributed by atoms with Gasteiger partial charge in [0.1, 0.15) is 19.8 Å². The number of carbonyl (C=O) groups excluding carboxylic acids is 2. The van der Waals surface area contributed by atoms with Crippen LogP contribution in [0, 0.1) is 0 Å². The SMILES string of the molecule is CCCCCC=CCC=CCC=CCC=CCCCC(=O)OC(COC(=O)CCCCCCCCCCCCCCCCC)COP(=O)([O-])OCC[N+](C)(C)C. The molecule has 9 nitrogen and oxygen atoms in total. The van der Waals surface area contributed by atoms with E-state index >= 15 is 0 Å². The second-order valence-corrected chi connectivity index (χ2v) is 17.5. The van der Waals surface area contributed by atoms with Crippen LogP contribution in [0.15, 0.2) is 48.6 Å². The van der Waals surface area contributed by atoms with E-state index in [1.807, 2.05) is 27.2 Å². The van der Waals surface area contributed by atoms with Gasteiger partial charge in [-0.15, -0.1) is 0 Å². The number of phosphoric acid groups is 1. The maximum Gasteiger partial charge on any atom is 0.306 e. The molecular formula is C46H84NO8P. The molecule has 10 heteroatoms. The maximum atomic E-state index is 12.6. The molecule has 0 aliphatic heterocycles. The normalized spacial score (nSPS) is 14.0. The van der Waals surface area contributed by atoms with Gasteiger partial charge in [-0.05, 0) is 51.4 Å². The summed E-state index contributed by atoms with van der Waals surface area (Å²) >= 11 is 0. The summed E-state index contributed by atoms with van der Waals surface area (Å²) in [6, 6.07) is 0. The average Bonchev–Trinajstić information content (AvgIpc) is 3.15. The summed E-state index contributed by atoms with van der Waals surface area (Å²) in [6.07, 6.45) is 44.3. The molecular weight excluding hydrogens is 725 g/mol. The van der Waals surface area contributed by atoms with Crippen molar-refractivity contribution in [1.29, 1.82) is 0 Å². The number of ether oxygens (including phenoxy) is 2. The van der Waals surface area contributed by atoms with Gasteiger partial charge in [-0.3, -0.25) is 14.2 Å². The van der Waals surface area contributed by atoms with E-state index in [0.717, 1.165) is 38.5 Å². The molecule has 0 aromatic rings. The van der Waals surface area contributed by atoms with Crippen molar-refractivity contribution in [3.05, 3.63) is 48.6 Å². The Bertz CT molecular complexity index is 1100. The second-order valence-electron chi connectivity index (χ2n) is 16.1. The highest BCUT2D eigenvalue weighted by atomic mass is 31.2. The van der Waals surface area contributed by atoms with Gasteiger partial charge in [-0.25, -0.2) is 0 Å². The zero-order chi connectivity index (χ0) is 41.4. The number of likely N-dealkylation sites (N-methyl/N-ethyl adjacent to an activating group) is 1. The third-order valence-corrected chi connectivity index (χ3v) is 10.3. The number of quaternary nitrogens is 1. The second kappa shape index (κ2) is 38.5. The molecule has 0 saturated carbocycles. The molecule has 0 rings (SSSR count). The van der Waals surface area contributed by atoms with E-state index in [1.165, 1.54) is 103 Å². The maximum absolute atomic E-state index is 12.6. The van der Waals surface area contributed by atoms with E-state index in [-0.39, 0.29) is 26.1 Å². The number of carbonyl (C=O) groups is 2. The molecule has 0 radical (unpaired) electrons. The summed E-state index contributed by atoms with van der Waals surface area (Å²) < 4.78 is 33.8. The third-order valence-electron chi connectivity index (χ3n) is 9.35. The first-order valence-electron chi connectivity index (χ1n) is 22.3. The molecule has 0 saturated heterocycles. The van der Waals surface area contributed by atoms with Crippen molar-refractivity contribution in [2.75, 3.05) is 47.5 Å². The Morgan fingerprint density at radius 1 is 0.554 bits per heavy atom. The fraction of sp³-hybridized carbons (Fsp3) is 0.783. The third kappa shape index (κ3) is 41.6. The Hall–Kier alpha value is -2.03. The topological polar surface area (TPSA) is 111 Å². The first-order valence-corrected chi connectivity index (χ1v) is 23.8. The number of allylic oxidation sites excluding steroid dienone is 8. The standard InChI is InChI=1S/C46H84NO8P/c1-6-8-10-12-14-16-18-20-22-23-25-27-29-31-33-35-37-39-46(49)55-44(43-54-56(50,51)53-41-40-47(3,4)5)42-52-45(48)38-36-34-32-30-28-26-24-21-19-17-15-13-11-9-7-2/h14,16,20,22,25,27,31,33,44H,6-13,15,17-19,21,23-24,26,28-30,32,34-43H2,1-5H3. The van der Waals surface area contributed by atoms with Gasteiger partial charge in [0.25, 0.3) is 7.82 Å². The Balaban J connectivity index is 4.45. The highest BCUT2D eigenvalue weighted by Crippen LogP contribution is 2.38. The van der Waals surface area contributed by atoms with Crippen LogP contribution in [0.25, 0.3) is 0 Å². The molecule has 0 aliphatic rings. The van der Waals surface area contributed by atoms with Crippen molar-refractivity contribution < 1.29 is 42.1 Å². The van der Waals surface area contributed by atoms with Crippen molar-refractivity contribution in [2.45, 2.75) is 187 Å². The van der Waals surface area contributed by atoms with Crippen molar-refractivity contribution in [3.8, 4) is 0 Å². The Kier molecular flexibility index (Phi) is 37.1. The van der Waals surface area contributed by atoms with Gasteiger partial charge in [0.2, 0.25) is 0 Å². The molecule has 0 fully saturated rings. The first kappa shape index (κ1) is 54.0. The number of esters is 2. The number of unbranched alkanes of at least 4 members (excludes halogenated alkanes) is 18. The predicted molar refractivity (Wildman–Crippen MR) is 231 cm³/mol. The lowest BCUT2D eigenvalue weighted by molar-refractivity contribution is -0.870. The number of nitrogens with zero attached hydrogens (tertiary/aromatic N) is 1. The van der Waals surface area contributed by atoms with Crippen LogP contribution in [0.1, 0.15) is 181 Å². The van der Waals surface area contributed by atoms with Crippen LogP contribution in [0.2, 0.25) is 0 Å². The highest BCUT2D eigenvalue weighted by molar-refractivity contribution is 7.45. The molecule has 0 heterocycles. The average molecular weight is 810 g/mol. The van der Waals surface area contributed by atoms with E-state index in [9.17, 15) is 19.0 Å². The van der Waals surface area contributed by atoms with Crippen LogP contribution in [0.4, 0.5) is 0 Å². The molecule has 0 bridgehead atoms. The number of hydrogen-bond acceptors (Lipinski definition) is 8. The zero-order valence-corrected chi connectivity index (χ0v) is 37.5. The molecule has 326 valence electrons. The fourth-order valence-electron chi connectivity index (χ4n) is 5.82. The minimum Gasteiger partial charge on any atom is -0.756 e. The Morgan fingerprint density at radius 2 is 0.982 bits per heavy atom. The number of rotatable bonds is 40. The van der Waals surface area contributed by atoms with Crippen LogP contribution in [0.3, 0.4) is 0 Å². The quantitative estimate of drug-likeness (QED) is 0.0198. The van der Waals surface area contributed by atoms with E-state index < -0.39 is 32.5 Å². The molecule has 0 aromatic carbocycles. The number of phosphoric ester groups is 1. The van der Waals surface area contributed by atoms with E-state index in [2.05, 4.69) is 56.4 Å². The summed E-state index contributed by atoms with van der Waals surface area (Å²) in [5.41, 5.74) is 0. The van der Waals surface area contributed by atoms with E-state index in [4.69, 9.17) is 18.5 Å². The number of hydrogen-bond donors (Lipinski definition) is 0. The van der Waals surface area contributed by atoms with Crippen LogP contribution in [-0.2, 0) is 32.7 Å². The van der Waals surface area contributed by atoms with Crippen LogP contribution >= 0.6 is 7.82 Å². The summed E-state index contributed by atoms with van der Waals surface area (Å²) in [7, 11) is 1.13. The molecule has 2 unspecified atom stereocenters. The molecule has 0 amide bonds. The molecule has 0 aromatic heterocycles. The Morgan fingerprint density at radius 3 is 1.48 bits per heavy atom. The molecule has 0 spiro atoms. The monoisotopic (exact) mass is 810 g/mol. The van der Waals surface area contributed by atoms with Crippen molar-refractivity contribution in [1.82, 2.24) is 0 Å². The highest BCUT2D eigenvalue weighted by Gasteiger charge is 2.21. The summed E-state index contributed by atoms with van der Waals surface area (Å²) in [4.78, 5) is 37.5. The van der Waals surface area contributed by atoms with Gasteiger partial charge in [-0.1, -0.05) is 165 Å². The first-order chi connectivity index (χ1) is 27.0. The molecule has 0 aliphatic carbocycles. The lowest BCUT2D eigenvalue weighted by atomic mass is 10.0. The smallest absolute Gasteiger partial charge is 0.306 e. The van der Waals surface area contributed by atoms with E-state index in [1.54, 1.807) is 0 Å². The molecule has 2 atom stereocenters. The van der Waals surface area contributed by atoms with Crippen molar-refractivity contribution >= 4 is 19.8 Å².